The zero-order valence-electron chi connectivity index (χ0n) is 16.2. The number of carboxylic acids is 1. The van der Waals surface area contributed by atoms with Crippen molar-refractivity contribution in [2.24, 2.45) is 0 Å². The summed E-state index contributed by atoms with van der Waals surface area (Å²) < 4.78 is 0. The Balaban J connectivity index is 1.86. The number of hydrogen-bond donors (Lipinski definition) is 2. The molecule has 0 saturated heterocycles. The second-order valence-corrected chi connectivity index (χ2v) is 9.26. The van der Waals surface area contributed by atoms with Crippen LogP contribution in [0.3, 0.4) is 0 Å². The molecule has 0 aliphatic carbocycles. The first-order chi connectivity index (χ1) is 14.2. The Hall–Kier alpha value is -2.21. The van der Waals surface area contributed by atoms with Crippen molar-refractivity contribution >= 4 is 27.6 Å². The van der Waals surface area contributed by atoms with Gasteiger partial charge in [-0.2, -0.15) is 0 Å². The van der Waals surface area contributed by atoms with E-state index in [0.29, 0.717) is 5.75 Å². The highest BCUT2D eigenvalue weighted by atomic mass is 33.1. The molecular weight excluding hydrogens is 398 g/mol. The highest BCUT2D eigenvalue weighted by Gasteiger charge is 2.35. The Labute approximate surface area is 180 Å². The van der Waals surface area contributed by atoms with Crippen LogP contribution in [-0.2, 0) is 10.3 Å². The van der Waals surface area contributed by atoms with Crippen LogP contribution in [0.1, 0.15) is 23.1 Å². The van der Waals surface area contributed by atoms with E-state index in [-0.39, 0.29) is 6.42 Å². The lowest BCUT2D eigenvalue weighted by Gasteiger charge is -2.37. The first-order valence-corrected chi connectivity index (χ1v) is 12.1. The summed E-state index contributed by atoms with van der Waals surface area (Å²) in [6.07, 6.45) is 0.201. The van der Waals surface area contributed by atoms with E-state index < -0.39 is 11.5 Å². The molecule has 0 fully saturated rings. The van der Waals surface area contributed by atoms with E-state index in [0.717, 1.165) is 12.3 Å². The zero-order chi connectivity index (χ0) is 20.4. The fourth-order valence-corrected chi connectivity index (χ4v) is 5.28. The molecule has 0 aromatic heterocycles. The molecule has 3 aromatic rings. The minimum Gasteiger partial charge on any atom is -0.481 e. The predicted octanol–water partition coefficient (Wildman–Crippen LogP) is 5.42. The molecule has 0 aliphatic rings. The Bertz CT molecular complexity index is 776. The van der Waals surface area contributed by atoms with E-state index in [9.17, 15) is 4.79 Å². The molecule has 0 amide bonds. The minimum atomic E-state index is -0.743. The average Bonchev–Trinajstić information content (AvgIpc) is 2.77. The molecule has 150 valence electrons. The van der Waals surface area contributed by atoms with Gasteiger partial charge >= 0.3 is 5.97 Å². The predicted molar refractivity (Wildman–Crippen MR) is 124 cm³/mol. The van der Waals surface area contributed by atoms with Gasteiger partial charge in [0.15, 0.2) is 0 Å². The molecule has 5 heteroatoms. The van der Waals surface area contributed by atoms with Gasteiger partial charge in [-0.3, -0.25) is 10.1 Å². The van der Waals surface area contributed by atoms with Crippen LogP contribution in [0.2, 0.25) is 0 Å². The Morgan fingerprint density at radius 2 is 1.14 bits per heavy atom. The van der Waals surface area contributed by atoms with E-state index in [1.807, 2.05) is 18.2 Å². The molecule has 0 spiro atoms. The van der Waals surface area contributed by atoms with E-state index in [2.05, 4.69) is 78.1 Å². The van der Waals surface area contributed by atoms with Crippen LogP contribution in [0.25, 0.3) is 0 Å². The smallest absolute Gasteiger partial charge is 0.304 e. The van der Waals surface area contributed by atoms with Gasteiger partial charge in [0.25, 0.3) is 0 Å². The Morgan fingerprint density at radius 1 is 0.724 bits per heavy atom. The molecule has 0 unspecified atom stereocenters. The van der Waals surface area contributed by atoms with Crippen LogP contribution >= 0.6 is 21.6 Å². The number of hydrogen-bond acceptors (Lipinski definition) is 4. The minimum absolute atomic E-state index is 0.201. The third-order valence-electron chi connectivity index (χ3n) is 4.68. The van der Waals surface area contributed by atoms with Crippen molar-refractivity contribution in [3.05, 3.63) is 108 Å². The van der Waals surface area contributed by atoms with Crippen LogP contribution in [0.5, 0.6) is 0 Å². The van der Waals surface area contributed by atoms with Gasteiger partial charge in [0.05, 0.1) is 12.0 Å². The second kappa shape index (κ2) is 11.1. The number of rotatable bonds is 11. The molecule has 3 nitrogen and oxygen atoms in total. The van der Waals surface area contributed by atoms with Gasteiger partial charge in [0.2, 0.25) is 0 Å². The molecule has 0 atom stereocenters. The van der Waals surface area contributed by atoms with Gasteiger partial charge in [-0.05, 0) is 16.7 Å². The fourth-order valence-electron chi connectivity index (χ4n) is 3.40. The SMILES string of the molecule is O=C(O)CCSSCCNC(c1ccccc1)(c1ccccc1)c1ccccc1. The number of carbonyl (C=O) groups is 1. The van der Waals surface area contributed by atoms with Gasteiger partial charge in [0.1, 0.15) is 0 Å². The number of aliphatic carboxylic acids is 1. The molecule has 0 heterocycles. The van der Waals surface area contributed by atoms with Crippen LogP contribution in [-0.4, -0.2) is 29.1 Å². The van der Waals surface area contributed by atoms with Crippen molar-refractivity contribution in [3.63, 3.8) is 0 Å². The average molecular weight is 424 g/mol. The number of carboxylic acid groups (broad SMARTS) is 1. The van der Waals surface area contributed by atoms with Crippen molar-refractivity contribution in [1.29, 1.82) is 0 Å². The van der Waals surface area contributed by atoms with E-state index in [1.165, 1.54) is 16.7 Å². The molecule has 2 N–H and O–H groups in total. The summed E-state index contributed by atoms with van der Waals surface area (Å²) in [6, 6.07) is 31.6. The summed E-state index contributed by atoms with van der Waals surface area (Å²) >= 11 is 0. The molecule has 3 aromatic carbocycles. The van der Waals surface area contributed by atoms with Crippen LogP contribution in [0, 0.1) is 0 Å². The van der Waals surface area contributed by atoms with Crippen LogP contribution in [0.4, 0.5) is 0 Å². The lowest BCUT2D eigenvalue weighted by Crippen LogP contribution is -2.45. The van der Waals surface area contributed by atoms with Crippen molar-refractivity contribution in [2.45, 2.75) is 12.0 Å². The summed E-state index contributed by atoms with van der Waals surface area (Å²) in [5, 5.41) is 12.6. The molecular formula is C24H25NO2S2. The van der Waals surface area contributed by atoms with Crippen molar-refractivity contribution in [3.8, 4) is 0 Å². The molecule has 29 heavy (non-hydrogen) atoms. The molecule has 0 radical (unpaired) electrons. The molecule has 0 saturated carbocycles. The highest BCUT2D eigenvalue weighted by Crippen LogP contribution is 2.36. The van der Waals surface area contributed by atoms with Gasteiger partial charge in [-0.25, -0.2) is 0 Å². The highest BCUT2D eigenvalue weighted by molar-refractivity contribution is 8.76. The lowest BCUT2D eigenvalue weighted by atomic mass is 9.77. The van der Waals surface area contributed by atoms with Crippen molar-refractivity contribution < 1.29 is 9.90 Å². The normalized spacial score (nSPS) is 11.3. The summed E-state index contributed by atoms with van der Waals surface area (Å²) in [5.41, 5.74) is 3.14. The Kier molecular flexibility index (Phi) is 8.23. The lowest BCUT2D eigenvalue weighted by molar-refractivity contribution is -0.136. The standard InChI is InChI=1S/C24H25NO2S2/c26-23(27)16-18-28-29-19-17-25-24(20-10-4-1-5-11-20,21-12-6-2-7-13-21)22-14-8-3-9-15-22/h1-15,25H,16-19H2,(H,26,27). The van der Waals surface area contributed by atoms with Crippen LogP contribution < -0.4 is 5.32 Å². The summed E-state index contributed by atoms with van der Waals surface area (Å²) in [5.74, 6) is 0.771. The van der Waals surface area contributed by atoms with E-state index in [1.54, 1.807) is 21.6 Å². The first-order valence-electron chi connectivity index (χ1n) is 9.61. The molecule has 3 rings (SSSR count). The topological polar surface area (TPSA) is 49.3 Å². The maximum absolute atomic E-state index is 10.7. The molecule has 0 bridgehead atoms. The maximum atomic E-state index is 10.7. The Morgan fingerprint density at radius 3 is 1.55 bits per heavy atom. The van der Waals surface area contributed by atoms with Gasteiger partial charge in [0, 0.05) is 18.1 Å². The largest absolute Gasteiger partial charge is 0.481 e. The number of nitrogens with one attached hydrogen (secondary N) is 1. The van der Waals surface area contributed by atoms with Crippen molar-refractivity contribution in [1.82, 2.24) is 5.32 Å². The van der Waals surface area contributed by atoms with Gasteiger partial charge in [-0.15, -0.1) is 0 Å². The monoisotopic (exact) mass is 423 g/mol. The third-order valence-corrected chi connectivity index (χ3v) is 7.09. The second-order valence-electron chi connectivity index (χ2n) is 6.56. The summed E-state index contributed by atoms with van der Waals surface area (Å²) in [4.78, 5) is 10.7. The fraction of sp³-hybridized carbons (Fsp3) is 0.208. The number of benzene rings is 3. The van der Waals surface area contributed by atoms with E-state index >= 15 is 0 Å². The quantitative estimate of drug-likeness (QED) is 0.245. The van der Waals surface area contributed by atoms with Crippen molar-refractivity contribution in [2.75, 3.05) is 18.1 Å². The maximum Gasteiger partial charge on any atom is 0.304 e. The molecule has 0 aliphatic heterocycles. The van der Waals surface area contributed by atoms with Gasteiger partial charge < -0.3 is 5.11 Å². The zero-order valence-corrected chi connectivity index (χ0v) is 17.8. The first kappa shape index (κ1) is 21.5. The summed E-state index contributed by atoms with van der Waals surface area (Å²) in [7, 11) is 3.33. The van der Waals surface area contributed by atoms with Gasteiger partial charge in [-0.1, -0.05) is 113 Å². The summed E-state index contributed by atoms with van der Waals surface area (Å²) in [6.45, 7) is 0.795. The third kappa shape index (κ3) is 5.66. The van der Waals surface area contributed by atoms with Crippen LogP contribution in [0.15, 0.2) is 91.0 Å². The van der Waals surface area contributed by atoms with E-state index in [4.69, 9.17) is 5.11 Å².